The molecule has 1 spiro atoms. The number of methoxy groups -OCH3 is 2. The first kappa shape index (κ1) is 18.7. The molecule has 2 aromatic rings. The van der Waals surface area contributed by atoms with Gasteiger partial charge in [0.1, 0.15) is 17.1 Å². The van der Waals surface area contributed by atoms with E-state index >= 15 is 0 Å². The summed E-state index contributed by atoms with van der Waals surface area (Å²) < 4.78 is 16.5. The third-order valence-electron chi connectivity index (χ3n) is 6.14. The van der Waals surface area contributed by atoms with E-state index in [1.165, 1.54) is 0 Å². The monoisotopic (exact) mass is 406 g/mol. The highest BCUT2D eigenvalue weighted by molar-refractivity contribution is 6.05. The third-order valence-corrected chi connectivity index (χ3v) is 6.14. The van der Waals surface area contributed by atoms with E-state index in [4.69, 9.17) is 14.2 Å². The van der Waals surface area contributed by atoms with E-state index in [1.807, 2.05) is 36.4 Å². The zero-order valence-corrected chi connectivity index (χ0v) is 16.7. The second kappa shape index (κ2) is 6.88. The van der Waals surface area contributed by atoms with Crippen LogP contribution in [0.5, 0.6) is 11.5 Å². The summed E-state index contributed by atoms with van der Waals surface area (Å²) in [6.07, 6.45) is 3.45. The average Bonchev–Trinajstić information content (AvgIpc) is 3.42. The van der Waals surface area contributed by atoms with Gasteiger partial charge in [-0.2, -0.15) is 0 Å². The molecule has 2 bridgehead atoms. The van der Waals surface area contributed by atoms with Crippen LogP contribution in [-0.2, 0) is 14.3 Å². The van der Waals surface area contributed by atoms with Crippen LogP contribution in [0, 0.1) is 11.8 Å². The van der Waals surface area contributed by atoms with E-state index in [0.29, 0.717) is 18.0 Å². The van der Waals surface area contributed by atoms with Crippen molar-refractivity contribution in [2.45, 2.75) is 11.7 Å². The lowest BCUT2D eigenvalue weighted by molar-refractivity contribution is -0.128. The van der Waals surface area contributed by atoms with Crippen molar-refractivity contribution in [3.8, 4) is 11.5 Å². The second-order valence-corrected chi connectivity index (χ2v) is 7.74. The number of nitrogens with one attached hydrogen (secondary N) is 1. The second-order valence-electron chi connectivity index (χ2n) is 7.74. The molecular formula is C23H22N2O5. The molecule has 7 nitrogen and oxygen atoms in total. The standard InChI is InChI=1S/C23H22N2O5/c1-28-16-7-3-14(4-8-16)24-21(26)19-18-11-12-23(30-18)13-25(22(27)20(19)23)15-5-9-17(29-2)10-6-15/h3-12,18-20H,13H2,1-2H3,(H,24,26)/t18-,19?,20?,23?/m1/s1. The van der Waals surface area contributed by atoms with Crippen molar-refractivity contribution in [2.75, 3.05) is 31.0 Å². The fourth-order valence-electron chi connectivity index (χ4n) is 4.68. The summed E-state index contributed by atoms with van der Waals surface area (Å²) in [4.78, 5) is 28.2. The van der Waals surface area contributed by atoms with Crippen molar-refractivity contribution < 1.29 is 23.8 Å². The number of rotatable bonds is 5. The van der Waals surface area contributed by atoms with Gasteiger partial charge in [0, 0.05) is 11.4 Å². The molecule has 30 heavy (non-hydrogen) atoms. The van der Waals surface area contributed by atoms with Gasteiger partial charge < -0.3 is 24.4 Å². The average molecular weight is 406 g/mol. The van der Waals surface area contributed by atoms with Gasteiger partial charge in [0.2, 0.25) is 11.8 Å². The zero-order chi connectivity index (χ0) is 20.9. The van der Waals surface area contributed by atoms with Gasteiger partial charge in [-0.3, -0.25) is 9.59 Å². The van der Waals surface area contributed by atoms with Crippen molar-refractivity contribution >= 4 is 23.2 Å². The Morgan fingerprint density at radius 2 is 1.70 bits per heavy atom. The lowest BCUT2D eigenvalue weighted by Crippen LogP contribution is -2.41. The maximum Gasteiger partial charge on any atom is 0.234 e. The van der Waals surface area contributed by atoms with Crippen LogP contribution in [0.2, 0.25) is 0 Å². The Bertz CT molecular complexity index is 1020. The number of carbonyl (C=O) groups excluding carboxylic acids is 2. The molecule has 3 aliphatic rings. The molecule has 0 radical (unpaired) electrons. The number of amides is 2. The van der Waals surface area contributed by atoms with Crippen LogP contribution in [0.15, 0.2) is 60.7 Å². The van der Waals surface area contributed by atoms with Crippen molar-refractivity contribution in [1.29, 1.82) is 0 Å². The summed E-state index contributed by atoms with van der Waals surface area (Å²) in [5, 5.41) is 2.92. The number of carbonyl (C=O) groups is 2. The molecular weight excluding hydrogens is 384 g/mol. The van der Waals surface area contributed by atoms with Crippen LogP contribution >= 0.6 is 0 Å². The summed E-state index contributed by atoms with van der Waals surface area (Å²) in [5.74, 6) is -0.00857. The van der Waals surface area contributed by atoms with Crippen LogP contribution in [0.4, 0.5) is 11.4 Å². The van der Waals surface area contributed by atoms with E-state index in [9.17, 15) is 9.59 Å². The molecule has 7 heteroatoms. The first-order valence-electron chi connectivity index (χ1n) is 9.82. The van der Waals surface area contributed by atoms with E-state index in [0.717, 1.165) is 11.4 Å². The van der Waals surface area contributed by atoms with Gasteiger partial charge in [-0.25, -0.2) is 0 Å². The molecule has 154 valence electrons. The number of hydrogen-bond donors (Lipinski definition) is 1. The molecule has 2 saturated heterocycles. The van der Waals surface area contributed by atoms with Gasteiger partial charge in [0.25, 0.3) is 0 Å². The first-order chi connectivity index (χ1) is 14.5. The number of hydrogen-bond acceptors (Lipinski definition) is 5. The minimum Gasteiger partial charge on any atom is -0.497 e. The maximum absolute atomic E-state index is 13.4. The Balaban J connectivity index is 1.39. The fourth-order valence-corrected chi connectivity index (χ4v) is 4.68. The van der Waals surface area contributed by atoms with Crippen LogP contribution < -0.4 is 19.7 Å². The number of benzene rings is 2. The largest absolute Gasteiger partial charge is 0.497 e. The summed E-state index contributed by atoms with van der Waals surface area (Å²) in [6.45, 7) is 0.391. The van der Waals surface area contributed by atoms with Crippen LogP contribution in [0.25, 0.3) is 0 Å². The van der Waals surface area contributed by atoms with Gasteiger partial charge >= 0.3 is 0 Å². The Hall–Kier alpha value is -3.32. The van der Waals surface area contributed by atoms with E-state index in [1.54, 1.807) is 43.4 Å². The zero-order valence-electron chi connectivity index (χ0n) is 16.7. The molecule has 2 fully saturated rings. The molecule has 2 amide bonds. The number of ether oxygens (including phenoxy) is 3. The molecule has 3 heterocycles. The van der Waals surface area contributed by atoms with Gasteiger partial charge in [-0.05, 0) is 48.5 Å². The Kier molecular flexibility index (Phi) is 4.29. The van der Waals surface area contributed by atoms with E-state index < -0.39 is 23.5 Å². The third kappa shape index (κ3) is 2.77. The Labute approximate surface area is 174 Å². The lowest BCUT2D eigenvalue weighted by Gasteiger charge is -2.23. The van der Waals surface area contributed by atoms with Crippen molar-refractivity contribution in [1.82, 2.24) is 0 Å². The summed E-state index contributed by atoms with van der Waals surface area (Å²) in [7, 11) is 3.19. The molecule has 0 aliphatic carbocycles. The Morgan fingerprint density at radius 1 is 1.07 bits per heavy atom. The molecule has 3 unspecified atom stereocenters. The van der Waals surface area contributed by atoms with Crippen molar-refractivity contribution in [3.05, 3.63) is 60.7 Å². The minimum absolute atomic E-state index is 0.0955. The first-order valence-corrected chi connectivity index (χ1v) is 9.82. The molecule has 0 aromatic heterocycles. The molecule has 2 aromatic carbocycles. The fraction of sp³-hybridized carbons (Fsp3) is 0.304. The SMILES string of the molecule is COc1ccc(NC(=O)C2C3C(=O)N(c4ccc(OC)cc4)CC34C=C[C@H]2O4)cc1. The van der Waals surface area contributed by atoms with Crippen LogP contribution in [-0.4, -0.2) is 44.3 Å². The maximum atomic E-state index is 13.4. The van der Waals surface area contributed by atoms with Crippen LogP contribution in [0.3, 0.4) is 0 Å². The predicted octanol–water partition coefficient (Wildman–Crippen LogP) is 2.63. The van der Waals surface area contributed by atoms with Crippen molar-refractivity contribution in [3.63, 3.8) is 0 Å². The Morgan fingerprint density at radius 3 is 2.33 bits per heavy atom. The summed E-state index contributed by atoms with van der Waals surface area (Å²) in [6, 6.07) is 14.4. The predicted molar refractivity (Wildman–Crippen MR) is 111 cm³/mol. The molecule has 5 rings (SSSR count). The highest BCUT2D eigenvalue weighted by atomic mass is 16.5. The van der Waals surface area contributed by atoms with Gasteiger partial charge in [0.15, 0.2) is 0 Å². The topological polar surface area (TPSA) is 77.1 Å². The smallest absolute Gasteiger partial charge is 0.234 e. The quantitative estimate of drug-likeness (QED) is 0.773. The highest BCUT2D eigenvalue weighted by Gasteiger charge is 2.67. The van der Waals surface area contributed by atoms with Crippen LogP contribution in [0.1, 0.15) is 0 Å². The lowest BCUT2D eigenvalue weighted by atomic mass is 9.77. The van der Waals surface area contributed by atoms with E-state index in [2.05, 4.69) is 5.32 Å². The molecule has 1 N–H and O–H groups in total. The van der Waals surface area contributed by atoms with Gasteiger partial charge in [0.05, 0.1) is 38.7 Å². The summed E-state index contributed by atoms with van der Waals surface area (Å²) in [5.41, 5.74) is 0.655. The van der Waals surface area contributed by atoms with E-state index in [-0.39, 0.29) is 11.8 Å². The highest BCUT2D eigenvalue weighted by Crippen LogP contribution is 2.52. The molecule has 0 saturated carbocycles. The minimum atomic E-state index is -0.760. The number of fused-ring (bicyclic) bond motifs is 1. The number of anilines is 2. The molecule has 4 atom stereocenters. The summed E-state index contributed by atoms with van der Waals surface area (Å²) >= 11 is 0. The number of nitrogens with zero attached hydrogens (tertiary/aromatic N) is 1. The molecule has 3 aliphatic heterocycles. The van der Waals surface area contributed by atoms with Crippen molar-refractivity contribution in [2.24, 2.45) is 11.8 Å². The van der Waals surface area contributed by atoms with Gasteiger partial charge in [-0.15, -0.1) is 0 Å². The van der Waals surface area contributed by atoms with Gasteiger partial charge in [-0.1, -0.05) is 12.2 Å². The normalized spacial score (nSPS) is 28.5.